The summed E-state index contributed by atoms with van der Waals surface area (Å²) in [5, 5.41) is 9.34. The quantitative estimate of drug-likeness (QED) is 0.764. The maximum atomic E-state index is 3.51. The van der Waals surface area contributed by atoms with E-state index in [1.807, 2.05) is 33.3 Å². The number of anilines is 3. The van der Waals surface area contributed by atoms with Gasteiger partial charge in [0.2, 0.25) is 0 Å². The van der Waals surface area contributed by atoms with E-state index >= 15 is 0 Å². The molecule has 0 unspecified atom stereocenters. The molecular formula is C9H14BrN3. The van der Waals surface area contributed by atoms with Crippen LogP contribution in [0.5, 0.6) is 0 Å². The summed E-state index contributed by atoms with van der Waals surface area (Å²) in [6, 6.07) is 4.09. The van der Waals surface area contributed by atoms with Gasteiger partial charge in [-0.15, -0.1) is 0 Å². The number of hydrogen-bond acceptors (Lipinski definition) is 3. The minimum atomic E-state index is 1.05. The average molecular weight is 244 g/mol. The molecule has 0 aliphatic rings. The number of rotatable bonds is 3. The van der Waals surface area contributed by atoms with E-state index in [1.165, 1.54) is 0 Å². The molecule has 13 heavy (non-hydrogen) atoms. The van der Waals surface area contributed by atoms with Gasteiger partial charge in [-0.2, -0.15) is 0 Å². The summed E-state index contributed by atoms with van der Waals surface area (Å²) in [4.78, 5) is 0. The largest absolute Gasteiger partial charge is 0.388 e. The van der Waals surface area contributed by atoms with Gasteiger partial charge in [0.1, 0.15) is 0 Å². The molecule has 0 fully saturated rings. The molecule has 0 atom stereocenters. The Morgan fingerprint density at radius 3 is 1.69 bits per heavy atom. The van der Waals surface area contributed by atoms with Crippen LogP contribution in [-0.2, 0) is 0 Å². The fourth-order valence-corrected chi connectivity index (χ4v) is 1.76. The van der Waals surface area contributed by atoms with Gasteiger partial charge in [-0.05, 0) is 28.1 Å². The number of hydrogen-bond donors (Lipinski definition) is 3. The number of nitrogens with one attached hydrogen (secondary N) is 3. The van der Waals surface area contributed by atoms with E-state index in [0.717, 1.165) is 21.5 Å². The summed E-state index contributed by atoms with van der Waals surface area (Å²) in [6.45, 7) is 0. The minimum Gasteiger partial charge on any atom is -0.388 e. The third kappa shape index (κ3) is 2.06. The zero-order chi connectivity index (χ0) is 9.84. The second kappa shape index (κ2) is 4.37. The normalized spacial score (nSPS) is 9.54. The first kappa shape index (κ1) is 10.2. The maximum Gasteiger partial charge on any atom is 0.0639 e. The Balaban J connectivity index is 3.20. The number of benzene rings is 1. The molecule has 0 amide bonds. The van der Waals surface area contributed by atoms with Gasteiger partial charge in [0.05, 0.1) is 15.8 Å². The molecule has 0 aromatic heterocycles. The monoisotopic (exact) mass is 243 g/mol. The van der Waals surface area contributed by atoms with Crippen molar-refractivity contribution >= 4 is 33.0 Å². The third-order valence-electron chi connectivity index (χ3n) is 1.90. The SMILES string of the molecule is CNc1cc(NC)c(Br)c(NC)c1. The molecule has 0 spiro atoms. The molecule has 0 aliphatic heterocycles. The van der Waals surface area contributed by atoms with Crippen LogP contribution in [0, 0.1) is 0 Å². The van der Waals surface area contributed by atoms with Crippen LogP contribution in [-0.4, -0.2) is 21.1 Å². The van der Waals surface area contributed by atoms with Crippen LogP contribution in [0.1, 0.15) is 0 Å². The van der Waals surface area contributed by atoms with Gasteiger partial charge in [-0.25, -0.2) is 0 Å². The van der Waals surface area contributed by atoms with Crippen molar-refractivity contribution in [3.63, 3.8) is 0 Å². The molecule has 72 valence electrons. The fourth-order valence-electron chi connectivity index (χ4n) is 1.13. The Morgan fingerprint density at radius 2 is 1.38 bits per heavy atom. The minimum absolute atomic E-state index is 1.05. The van der Waals surface area contributed by atoms with Gasteiger partial charge in [-0.3, -0.25) is 0 Å². The molecular weight excluding hydrogens is 230 g/mol. The van der Waals surface area contributed by atoms with Gasteiger partial charge in [0.15, 0.2) is 0 Å². The summed E-state index contributed by atoms with van der Waals surface area (Å²) in [7, 11) is 5.71. The smallest absolute Gasteiger partial charge is 0.0639 e. The van der Waals surface area contributed by atoms with E-state index in [9.17, 15) is 0 Å². The maximum absolute atomic E-state index is 3.51. The molecule has 0 saturated carbocycles. The summed E-state index contributed by atoms with van der Waals surface area (Å²) in [5.74, 6) is 0. The Morgan fingerprint density at radius 1 is 0.923 bits per heavy atom. The summed E-state index contributed by atoms with van der Waals surface area (Å²) in [5.41, 5.74) is 3.21. The van der Waals surface area contributed by atoms with Gasteiger partial charge >= 0.3 is 0 Å². The van der Waals surface area contributed by atoms with E-state index in [-0.39, 0.29) is 0 Å². The Bertz CT molecular complexity index is 274. The molecule has 0 radical (unpaired) electrons. The second-order valence-corrected chi connectivity index (χ2v) is 3.43. The van der Waals surface area contributed by atoms with Gasteiger partial charge < -0.3 is 16.0 Å². The van der Waals surface area contributed by atoms with Crippen molar-refractivity contribution < 1.29 is 0 Å². The lowest BCUT2D eigenvalue weighted by molar-refractivity contribution is 1.41. The average Bonchev–Trinajstić information content (AvgIpc) is 2.18. The lowest BCUT2D eigenvalue weighted by Crippen LogP contribution is -1.98. The third-order valence-corrected chi connectivity index (χ3v) is 2.75. The standard InChI is InChI=1S/C9H14BrN3/c1-11-6-4-7(12-2)9(10)8(5-6)13-3/h4-5,11-13H,1-3H3. The second-order valence-electron chi connectivity index (χ2n) is 2.64. The van der Waals surface area contributed by atoms with Crippen LogP contribution >= 0.6 is 15.9 Å². The summed E-state index contributed by atoms with van der Waals surface area (Å²) >= 11 is 3.51. The Kier molecular flexibility index (Phi) is 3.42. The highest BCUT2D eigenvalue weighted by atomic mass is 79.9. The van der Waals surface area contributed by atoms with Crippen molar-refractivity contribution in [2.24, 2.45) is 0 Å². The van der Waals surface area contributed by atoms with Gasteiger partial charge in [0.25, 0.3) is 0 Å². The Hall–Kier alpha value is -0.900. The molecule has 0 bridgehead atoms. The lowest BCUT2D eigenvalue weighted by Gasteiger charge is -2.12. The van der Waals surface area contributed by atoms with Crippen molar-refractivity contribution in [2.45, 2.75) is 0 Å². The molecule has 1 rings (SSSR count). The van der Waals surface area contributed by atoms with Crippen molar-refractivity contribution in [1.29, 1.82) is 0 Å². The molecule has 0 saturated heterocycles. The zero-order valence-electron chi connectivity index (χ0n) is 8.03. The molecule has 0 heterocycles. The van der Waals surface area contributed by atoms with E-state index in [1.54, 1.807) is 0 Å². The molecule has 1 aromatic rings. The zero-order valence-corrected chi connectivity index (χ0v) is 9.62. The van der Waals surface area contributed by atoms with Crippen LogP contribution in [0.15, 0.2) is 16.6 Å². The van der Waals surface area contributed by atoms with E-state index < -0.39 is 0 Å². The number of halogens is 1. The molecule has 1 aromatic carbocycles. The van der Waals surface area contributed by atoms with E-state index in [0.29, 0.717) is 0 Å². The predicted molar refractivity (Wildman–Crippen MR) is 62.8 cm³/mol. The van der Waals surface area contributed by atoms with E-state index in [4.69, 9.17) is 0 Å². The highest BCUT2D eigenvalue weighted by Gasteiger charge is 2.05. The van der Waals surface area contributed by atoms with E-state index in [2.05, 4.69) is 31.9 Å². The summed E-state index contributed by atoms with van der Waals surface area (Å²) in [6.07, 6.45) is 0. The molecule has 0 aliphatic carbocycles. The van der Waals surface area contributed by atoms with Crippen molar-refractivity contribution in [2.75, 3.05) is 37.1 Å². The van der Waals surface area contributed by atoms with Crippen LogP contribution in [0.4, 0.5) is 17.1 Å². The van der Waals surface area contributed by atoms with Gasteiger partial charge in [0, 0.05) is 26.8 Å². The lowest BCUT2D eigenvalue weighted by atomic mass is 10.2. The predicted octanol–water partition coefficient (Wildman–Crippen LogP) is 2.57. The highest BCUT2D eigenvalue weighted by Crippen LogP contribution is 2.33. The molecule has 4 heteroatoms. The topological polar surface area (TPSA) is 36.1 Å². The summed E-state index contributed by atoms with van der Waals surface area (Å²) < 4.78 is 1.05. The van der Waals surface area contributed by atoms with Crippen LogP contribution in [0.2, 0.25) is 0 Å². The first-order valence-electron chi connectivity index (χ1n) is 4.09. The van der Waals surface area contributed by atoms with Crippen LogP contribution < -0.4 is 16.0 Å². The first-order chi connectivity index (χ1) is 6.22. The molecule has 3 N–H and O–H groups in total. The first-order valence-corrected chi connectivity index (χ1v) is 4.89. The van der Waals surface area contributed by atoms with Crippen LogP contribution in [0.25, 0.3) is 0 Å². The highest BCUT2D eigenvalue weighted by molar-refractivity contribution is 9.10. The van der Waals surface area contributed by atoms with Crippen molar-refractivity contribution in [3.05, 3.63) is 16.6 Å². The van der Waals surface area contributed by atoms with Gasteiger partial charge in [-0.1, -0.05) is 0 Å². The van der Waals surface area contributed by atoms with Crippen molar-refractivity contribution in [3.8, 4) is 0 Å². The molecule has 3 nitrogen and oxygen atoms in total. The fraction of sp³-hybridized carbons (Fsp3) is 0.333. The van der Waals surface area contributed by atoms with Crippen LogP contribution in [0.3, 0.4) is 0 Å². The van der Waals surface area contributed by atoms with Crippen molar-refractivity contribution in [1.82, 2.24) is 0 Å². The Labute approximate surface area is 87.0 Å².